The van der Waals surface area contributed by atoms with E-state index in [1.165, 1.54) is 5.06 Å². The lowest BCUT2D eigenvalue weighted by Crippen LogP contribution is -2.43. The molecule has 1 aromatic rings. The number of hydrogen-bond acceptors (Lipinski definition) is 3. The molecule has 1 aromatic carbocycles. The van der Waals surface area contributed by atoms with E-state index in [1.54, 1.807) is 13.1 Å². The maximum absolute atomic E-state index is 12.8. The van der Waals surface area contributed by atoms with Crippen LogP contribution in [0.3, 0.4) is 0 Å². The molecule has 0 aromatic heterocycles. The summed E-state index contributed by atoms with van der Waals surface area (Å²) in [7, 11) is 0.525. The molecule has 0 heterocycles. The summed E-state index contributed by atoms with van der Waals surface area (Å²) in [6.07, 6.45) is 4.66. The van der Waals surface area contributed by atoms with E-state index in [0.29, 0.717) is 12.3 Å². The second kappa shape index (κ2) is 6.66. The van der Waals surface area contributed by atoms with Crippen molar-refractivity contribution in [2.75, 3.05) is 7.05 Å². The highest BCUT2D eigenvalue weighted by Gasteiger charge is 2.41. The Bertz CT molecular complexity index is 478. The highest BCUT2D eigenvalue weighted by Crippen LogP contribution is 2.39. The molecule has 1 N–H and O–H groups in total. The Morgan fingerprint density at radius 1 is 1.45 bits per heavy atom. The molecule has 0 bridgehead atoms. The van der Waals surface area contributed by atoms with Crippen molar-refractivity contribution in [1.29, 1.82) is 0 Å². The number of rotatable bonds is 7. The first-order valence-electron chi connectivity index (χ1n) is 7.04. The molecule has 0 spiro atoms. The average molecular weight is 293 g/mol. The van der Waals surface area contributed by atoms with Gasteiger partial charge in [0.2, 0.25) is 0 Å². The molecule has 3 nitrogen and oxygen atoms in total. The summed E-state index contributed by atoms with van der Waals surface area (Å²) < 4.78 is 12.8. The molecule has 1 unspecified atom stereocenters. The summed E-state index contributed by atoms with van der Waals surface area (Å²) in [5, 5.41) is 11.1. The molecule has 0 radical (unpaired) electrons. The van der Waals surface area contributed by atoms with Crippen LogP contribution in [0.15, 0.2) is 41.8 Å². The fourth-order valence-corrected chi connectivity index (χ4v) is 4.37. The van der Waals surface area contributed by atoms with Gasteiger partial charge in [0.25, 0.3) is 0 Å². The quantitative estimate of drug-likeness (QED) is 0.620. The third kappa shape index (κ3) is 3.57. The van der Waals surface area contributed by atoms with Gasteiger partial charge in [-0.25, -0.2) is 0 Å². The summed E-state index contributed by atoms with van der Waals surface area (Å²) in [6.45, 7) is 5.79. The van der Waals surface area contributed by atoms with Crippen molar-refractivity contribution in [2.45, 2.75) is 42.4 Å². The van der Waals surface area contributed by atoms with Gasteiger partial charge in [-0.2, -0.15) is 5.06 Å². The van der Waals surface area contributed by atoms with Crippen LogP contribution < -0.4 is 0 Å². The van der Waals surface area contributed by atoms with Gasteiger partial charge < -0.3 is 5.21 Å². The monoisotopic (exact) mass is 293 g/mol. The highest BCUT2D eigenvalue weighted by molar-refractivity contribution is 7.85. The number of nitrogens with zero attached hydrogens (tertiary/aromatic N) is 1. The van der Waals surface area contributed by atoms with E-state index >= 15 is 0 Å². The summed E-state index contributed by atoms with van der Waals surface area (Å²) in [4.78, 5) is 0.829. The lowest BCUT2D eigenvalue weighted by molar-refractivity contribution is -0.109. The van der Waals surface area contributed by atoms with Crippen molar-refractivity contribution in [1.82, 2.24) is 5.06 Å². The largest absolute Gasteiger partial charge is 0.314 e. The SMILES string of the molecule is C=CC[C@@H]([C@H](C1CC1)N(C)O)S(=O)c1ccc(C)cc1. The lowest BCUT2D eigenvalue weighted by atomic mass is 10.1. The van der Waals surface area contributed by atoms with Gasteiger partial charge in [-0.3, -0.25) is 4.21 Å². The number of hydrogen-bond donors (Lipinski definition) is 1. The molecule has 1 aliphatic rings. The van der Waals surface area contributed by atoms with Crippen LogP contribution in [0.5, 0.6) is 0 Å². The number of aryl methyl sites for hydroxylation is 1. The zero-order valence-electron chi connectivity index (χ0n) is 12.2. The number of allylic oxidation sites excluding steroid dienone is 1. The Kier molecular flexibility index (Phi) is 5.13. The molecule has 3 atom stereocenters. The van der Waals surface area contributed by atoms with E-state index < -0.39 is 10.8 Å². The molecule has 20 heavy (non-hydrogen) atoms. The van der Waals surface area contributed by atoms with Crippen LogP contribution >= 0.6 is 0 Å². The van der Waals surface area contributed by atoms with E-state index in [1.807, 2.05) is 31.2 Å². The van der Waals surface area contributed by atoms with Gasteiger partial charge in [0.1, 0.15) is 0 Å². The molecule has 1 saturated carbocycles. The summed E-state index contributed by atoms with van der Waals surface area (Å²) in [6, 6.07) is 7.74. The molecule has 1 aliphatic carbocycles. The predicted octanol–water partition coefficient (Wildman–Crippen LogP) is 3.15. The highest BCUT2D eigenvalue weighted by atomic mass is 32.2. The van der Waals surface area contributed by atoms with Crippen LogP contribution in [0, 0.1) is 12.8 Å². The van der Waals surface area contributed by atoms with Crippen LogP contribution in [0.2, 0.25) is 0 Å². The van der Waals surface area contributed by atoms with E-state index in [4.69, 9.17) is 0 Å². The van der Waals surface area contributed by atoms with Crippen LogP contribution in [0.25, 0.3) is 0 Å². The molecular formula is C16H23NO2S. The second-order valence-corrected chi connectivity index (χ2v) is 7.25. The smallest absolute Gasteiger partial charge is 0.0610 e. The van der Waals surface area contributed by atoms with Crippen LogP contribution in [0.1, 0.15) is 24.8 Å². The van der Waals surface area contributed by atoms with Crippen LogP contribution in [-0.4, -0.2) is 32.8 Å². The number of benzene rings is 1. The first kappa shape index (κ1) is 15.4. The van der Waals surface area contributed by atoms with E-state index in [2.05, 4.69) is 6.58 Å². The van der Waals surface area contributed by atoms with Gasteiger partial charge >= 0.3 is 0 Å². The van der Waals surface area contributed by atoms with Crippen LogP contribution in [-0.2, 0) is 10.8 Å². The van der Waals surface area contributed by atoms with Crippen molar-refractivity contribution < 1.29 is 9.42 Å². The van der Waals surface area contributed by atoms with Gasteiger partial charge in [-0.05, 0) is 44.2 Å². The van der Waals surface area contributed by atoms with Crippen molar-refractivity contribution in [3.8, 4) is 0 Å². The third-order valence-corrected chi connectivity index (χ3v) is 5.60. The van der Waals surface area contributed by atoms with Crippen molar-refractivity contribution in [2.24, 2.45) is 5.92 Å². The third-order valence-electron chi connectivity index (χ3n) is 3.84. The topological polar surface area (TPSA) is 40.5 Å². The summed E-state index contributed by atoms with van der Waals surface area (Å²) in [5.41, 5.74) is 1.16. The molecule has 1 fully saturated rings. The van der Waals surface area contributed by atoms with Gasteiger partial charge in [0, 0.05) is 11.9 Å². The van der Waals surface area contributed by atoms with Crippen molar-refractivity contribution in [3.63, 3.8) is 0 Å². The molecule has 4 heteroatoms. The minimum Gasteiger partial charge on any atom is -0.314 e. The van der Waals surface area contributed by atoms with Gasteiger partial charge in [0.15, 0.2) is 0 Å². The first-order valence-corrected chi connectivity index (χ1v) is 8.25. The van der Waals surface area contributed by atoms with E-state index in [9.17, 15) is 9.42 Å². The molecule has 0 saturated heterocycles. The Balaban J connectivity index is 2.24. The Hall–Kier alpha value is -0.970. The first-order chi connectivity index (χ1) is 9.54. The zero-order chi connectivity index (χ0) is 14.7. The summed E-state index contributed by atoms with van der Waals surface area (Å²) in [5.74, 6) is 0.448. The fraction of sp³-hybridized carbons (Fsp3) is 0.500. The maximum atomic E-state index is 12.8. The Morgan fingerprint density at radius 3 is 2.50 bits per heavy atom. The molecule has 0 aliphatic heterocycles. The fourth-order valence-electron chi connectivity index (χ4n) is 2.65. The normalized spacial score (nSPS) is 19.6. The van der Waals surface area contributed by atoms with Gasteiger partial charge in [-0.1, -0.05) is 23.8 Å². The lowest BCUT2D eigenvalue weighted by Gasteiger charge is -2.30. The second-order valence-electron chi connectivity index (χ2n) is 5.57. The average Bonchev–Trinajstić information content (AvgIpc) is 3.22. The van der Waals surface area contributed by atoms with Gasteiger partial charge in [0.05, 0.1) is 22.1 Å². The molecule has 2 rings (SSSR count). The Morgan fingerprint density at radius 2 is 2.05 bits per heavy atom. The van der Waals surface area contributed by atoms with Crippen molar-refractivity contribution in [3.05, 3.63) is 42.5 Å². The molecular weight excluding hydrogens is 270 g/mol. The van der Waals surface area contributed by atoms with Crippen molar-refractivity contribution >= 4 is 10.8 Å². The standard InChI is InChI=1S/C16H23NO2S/c1-4-5-15(16(17(3)18)13-8-9-13)20(19)14-10-6-12(2)7-11-14/h4,6-7,10-11,13,15-16,18H,1,5,8-9H2,2-3H3/t15-,16-,20?/m0/s1. The zero-order valence-corrected chi connectivity index (χ0v) is 13.0. The Labute approximate surface area is 123 Å². The minimum atomic E-state index is -1.13. The number of hydroxylamine groups is 2. The molecule has 0 amide bonds. The maximum Gasteiger partial charge on any atom is 0.0610 e. The van der Waals surface area contributed by atoms with E-state index in [-0.39, 0.29) is 11.3 Å². The predicted molar refractivity (Wildman–Crippen MR) is 82.3 cm³/mol. The summed E-state index contributed by atoms with van der Waals surface area (Å²) >= 11 is 0. The van der Waals surface area contributed by atoms with Crippen LogP contribution in [0.4, 0.5) is 0 Å². The van der Waals surface area contributed by atoms with E-state index in [0.717, 1.165) is 23.3 Å². The minimum absolute atomic E-state index is 0.0601. The van der Waals surface area contributed by atoms with Gasteiger partial charge in [-0.15, -0.1) is 6.58 Å². The molecule has 110 valence electrons.